The SMILES string of the molecule is O=Cc1ccc(NC(=O)CC2CCN(C(=O)CCN3CCC(OC(=O)Nc4ccccc4-c4ccccc4)CC3)CC2)cc1. The highest BCUT2D eigenvalue weighted by molar-refractivity contribution is 5.92. The number of aldehydes is 1. The molecule has 9 nitrogen and oxygen atoms in total. The predicted octanol–water partition coefficient (Wildman–Crippen LogP) is 5.84. The van der Waals surface area contributed by atoms with Crippen LogP contribution in [0.3, 0.4) is 0 Å². The van der Waals surface area contributed by atoms with Crippen LogP contribution in [0.15, 0.2) is 78.9 Å². The maximum atomic E-state index is 12.9. The smallest absolute Gasteiger partial charge is 0.411 e. The number of carbonyl (C=O) groups is 4. The number of amides is 3. The van der Waals surface area contributed by atoms with Crippen LogP contribution in [0, 0.1) is 5.92 Å². The van der Waals surface area contributed by atoms with Crippen molar-refractivity contribution in [3.05, 3.63) is 84.4 Å². The van der Waals surface area contributed by atoms with Crippen molar-refractivity contribution in [2.75, 3.05) is 43.4 Å². The van der Waals surface area contributed by atoms with Crippen LogP contribution >= 0.6 is 0 Å². The molecule has 44 heavy (non-hydrogen) atoms. The zero-order chi connectivity index (χ0) is 30.7. The number of ether oxygens (including phenoxy) is 1. The Bertz CT molecular complexity index is 1410. The van der Waals surface area contributed by atoms with Crippen LogP contribution < -0.4 is 10.6 Å². The number of likely N-dealkylation sites (tertiary alicyclic amines) is 2. The molecule has 0 aliphatic carbocycles. The molecule has 3 amide bonds. The summed E-state index contributed by atoms with van der Waals surface area (Å²) in [6.07, 6.45) is 4.14. The first-order valence-corrected chi connectivity index (χ1v) is 15.4. The van der Waals surface area contributed by atoms with Crippen molar-refractivity contribution in [3.63, 3.8) is 0 Å². The molecule has 2 aliphatic rings. The minimum absolute atomic E-state index is 0.0458. The van der Waals surface area contributed by atoms with E-state index < -0.39 is 6.09 Å². The van der Waals surface area contributed by atoms with Crippen LogP contribution in [-0.2, 0) is 14.3 Å². The molecule has 230 valence electrons. The maximum Gasteiger partial charge on any atom is 0.411 e. The first kappa shape index (κ1) is 30.9. The monoisotopic (exact) mass is 596 g/mol. The molecule has 3 aromatic carbocycles. The van der Waals surface area contributed by atoms with E-state index in [2.05, 4.69) is 15.5 Å². The number of rotatable bonds is 10. The minimum Gasteiger partial charge on any atom is -0.446 e. The van der Waals surface area contributed by atoms with Crippen molar-refractivity contribution in [2.45, 2.75) is 44.6 Å². The Morgan fingerprint density at radius 2 is 1.48 bits per heavy atom. The summed E-state index contributed by atoms with van der Waals surface area (Å²) in [5, 5.41) is 5.81. The number of piperidine rings is 2. The van der Waals surface area contributed by atoms with Gasteiger partial charge in [-0.1, -0.05) is 48.5 Å². The molecule has 2 N–H and O–H groups in total. The molecular formula is C35H40N4O5. The Morgan fingerprint density at radius 1 is 0.795 bits per heavy atom. The Hall–Kier alpha value is -4.50. The molecule has 0 atom stereocenters. The number of hydrogen-bond acceptors (Lipinski definition) is 6. The second-order valence-electron chi connectivity index (χ2n) is 11.5. The molecular weight excluding hydrogens is 556 g/mol. The van der Waals surface area contributed by atoms with Gasteiger partial charge in [0.2, 0.25) is 11.8 Å². The molecule has 0 aromatic heterocycles. The van der Waals surface area contributed by atoms with E-state index in [1.165, 1.54) is 0 Å². The first-order chi connectivity index (χ1) is 21.5. The molecule has 0 spiro atoms. The fourth-order valence-corrected chi connectivity index (χ4v) is 5.92. The summed E-state index contributed by atoms with van der Waals surface area (Å²) in [6, 6.07) is 24.4. The maximum absolute atomic E-state index is 12.9. The lowest BCUT2D eigenvalue weighted by atomic mass is 9.93. The molecule has 0 saturated carbocycles. The van der Waals surface area contributed by atoms with Crippen LogP contribution in [0.1, 0.15) is 48.9 Å². The van der Waals surface area contributed by atoms with Crippen LogP contribution in [0.25, 0.3) is 11.1 Å². The van der Waals surface area contributed by atoms with Crippen molar-refractivity contribution in [1.82, 2.24) is 9.80 Å². The quantitative estimate of drug-likeness (QED) is 0.285. The zero-order valence-corrected chi connectivity index (χ0v) is 25.0. The summed E-state index contributed by atoms with van der Waals surface area (Å²) in [6.45, 7) is 3.58. The fraction of sp³-hybridized carbons (Fsp3) is 0.371. The normalized spacial score (nSPS) is 16.2. The fourth-order valence-electron chi connectivity index (χ4n) is 5.92. The molecule has 2 aliphatic heterocycles. The highest BCUT2D eigenvalue weighted by atomic mass is 16.6. The molecule has 2 saturated heterocycles. The number of benzene rings is 3. The van der Waals surface area contributed by atoms with Gasteiger partial charge in [-0.25, -0.2) is 4.79 Å². The van der Waals surface area contributed by atoms with Gasteiger partial charge in [0.15, 0.2) is 0 Å². The lowest BCUT2D eigenvalue weighted by molar-refractivity contribution is -0.133. The average Bonchev–Trinajstić information content (AvgIpc) is 3.05. The lowest BCUT2D eigenvalue weighted by Crippen LogP contribution is -2.42. The topological polar surface area (TPSA) is 108 Å². The van der Waals surface area contributed by atoms with Gasteiger partial charge in [-0.3, -0.25) is 19.7 Å². The van der Waals surface area contributed by atoms with E-state index in [-0.39, 0.29) is 23.8 Å². The summed E-state index contributed by atoms with van der Waals surface area (Å²) in [7, 11) is 0. The minimum atomic E-state index is -0.448. The molecule has 2 heterocycles. The van der Waals surface area contributed by atoms with Crippen molar-refractivity contribution in [2.24, 2.45) is 5.92 Å². The van der Waals surface area contributed by atoms with Gasteiger partial charge >= 0.3 is 6.09 Å². The van der Waals surface area contributed by atoms with E-state index in [1.807, 2.05) is 59.5 Å². The van der Waals surface area contributed by atoms with Crippen LogP contribution in [0.2, 0.25) is 0 Å². The van der Waals surface area contributed by atoms with E-state index in [4.69, 9.17) is 4.74 Å². The Balaban J connectivity index is 0.970. The third-order valence-electron chi connectivity index (χ3n) is 8.47. The molecule has 0 radical (unpaired) electrons. The van der Waals surface area contributed by atoms with E-state index in [0.717, 1.165) is 56.2 Å². The zero-order valence-electron chi connectivity index (χ0n) is 25.0. The Morgan fingerprint density at radius 3 is 2.18 bits per heavy atom. The summed E-state index contributed by atoms with van der Waals surface area (Å²) >= 11 is 0. The highest BCUT2D eigenvalue weighted by Gasteiger charge is 2.26. The molecule has 0 bridgehead atoms. The van der Waals surface area contributed by atoms with Crippen molar-refractivity contribution < 1.29 is 23.9 Å². The Kier molecular flexibility index (Phi) is 10.8. The van der Waals surface area contributed by atoms with Crippen LogP contribution in [0.4, 0.5) is 16.2 Å². The largest absolute Gasteiger partial charge is 0.446 e. The number of nitrogens with one attached hydrogen (secondary N) is 2. The summed E-state index contributed by atoms with van der Waals surface area (Å²) in [5.74, 6) is 0.352. The van der Waals surface area contributed by atoms with Crippen molar-refractivity contribution in [3.8, 4) is 11.1 Å². The standard InChI is InChI=1S/C35H40N4O5/c40-25-27-10-12-29(13-11-27)36-33(41)24-26-14-22-39(23-15-26)34(42)18-21-38-19-16-30(17-20-38)44-35(43)37-32-9-5-4-8-31(32)28-6-2-1-3-7-28/h1-13,25-26,30H,14-24H2,(H,36,41)(H,37,43). The van der Waals surface area contributed by atoms with Gasteiger partial charge in [0, 0.05) is 62.4 Å². The first-order valence-electron chi connectivity index (χ1n) is 15.4. The highest BCUT2D eigenvalue weighted by Crippen LogP contribution is 2.28. The summed E-state index contributed by atoms with van der Waals surface area (Å²) < 4.78 is 5.74. The molecule has 9 heteroatoms. The third kappa shape index (κ3) is 8.76. The van der Waals surface area contributed by atoms with E-state index in [9.17, 15) is 19.2 Å². The van der Waals surface area contributed by atoms with E-state index in [1.54, 1.807) is 24.3 Å². The van der Waals surface area contributed by atoms with Crippen LogP contribution in [-0.4, -0.2) is 72.8 Å². The van der Waals surface area contributed by atoms with Gasteiger partial charge in [-0.2, -0.15) is 0 Å². The third-order valence-corrected chi connectivity index (χ3v) is 8.47. The van der Waals surface area contributed by atoms with Gasteiger partial charge in [-0.05, 0) is 67.5 Å². The number of carbonyl (C=O) groups excluding carboxylic acids is 4. The number of anilines is 2. The second-order valence-corrected chi connectivity index (χ2v) is 11.5. The van der Waals surface area contributed by atoms with Gasteiger partial charge in [0.1, 0.15) is 12.4 Å². The number of hydrogen-bond donors (Lipinski definition) is 2. The van der Waals surface area contributed by atoms with Gasteiger partial charge < -0.3 is 19.9 Å². The second kappa shape index (κ2) is 15.3. The summed E-state index contributed by atoms with van der Waals surface area (Å²) in [5.41, 5.74) is 3.93. The molecule has 2 fully saturated rings. The lowest BCUT2D eigenvalue weighted by Gasteiger charge is -2.34. The molecule has 5 rings (SSSR count). The van der Waals surface area contributed by atoms with E-state index in [0.29, 0.717) is 49.4 Å². The number of para-hydroxylation sites is 1. The van der Waals surface area contributed by atoms with Gasteiger partial charge in [0.05, 0.1) is 5.69 Å². The predicted molar refractivity (Wildman–Crippen MR) is 170 cm³/mol. The van der Waals surface area contributed by atoms with Gasteiger partial charge in [0.25, 0.3) is 0 Å². The van der Waals surface area contributed by atoms with Gasteiger partial charge in [-0.15, -0.1) is 0 Å². The molecule has 0 unspecified atom stereocenters. The summed E-state index contributed by atoms with van der Waals surface area (Å²) in [4.78, 5) is 53.0. The molecule has 3 aromatic rings. The van der Waals surface area contributed by atoms with Crippen molar-refractivity contribution >= 4 is 35.6 Å². The van der Waals surface area contributed by atoms with Crippen LogP contribution in [0.5, 0.6) is 0 Å². The van der Waals surface area contributed by atoms with E-state index >= 15 is 0 Å². The number of nitrogens with zero attached hydrogens (tertiary/aromatic N) is 2. The van der Waals surface area contributed by atoms with Crippen molar-refractivity contribution in [1.29, 1.82) is 0 Å². The Labute approximate surface area is 258 Å². The average molecular weight is 597 g/mol.